The molecule has 0 aliphatic carbocycles. The van der Waals surface area contributed by atoms with Gasteiger partial charge in [0.15, 0.2) is 0 Å². The Kier molecular flexibility index (Phi) is 7.70. The fourth-order valence-electron chi connectivity index (χ4n) is 1.64. The van der Waals surface area contributed by atoms with Crippen molar-refractivity contribution in [3.8, 4) is 0 Å². The second-order valence-corrected chi connectivity index (χ2v) is 5.03. The Balaban J connectivity index is 0.000000192. The minimum absolute atomic E-state index is 0.0201. The Morgan fingerprint density at radius 1 is 1.32 bits per heavy atom. The molecule has 2 heterocycles. The largest absolute Gasteiger partial charge is 0.478 e. The average Bonchev–Trinajstić information content (AvgIpc) is 3.26. The molecule has 110 valence electrons. The van der Waals surface area contributed by atoms with Crippen LogP contribution in [0.4, 0.5) is 0 Å². The monoisotopic (exact) mass is 271 g/mol. The summed E-state index contributed by atoms with van der Waals surface area (Å²) in [6.07, 6.45) is 5.53. The van der Waals surface area contributed by atoms with Crippen LogP contribution in [0.5, 0.6) is 0 Å². The first-order valence-electron chi connectivity index (χ1n) is 6.99. The molecule has 0 spiro atoms. The van der Waals surface area contributed by atoms with Gasteiger partial charge >= 0.3 is 5.97 Å². The van der Waals surface area contributed by atoms with Crippen molar-refractivity contribution >= 4 is 5.97 Å². The molecule has 0 aromatic rings. The fraction of sp³-hybridized carbons (Fsp3) is 0.786. The van der Waals surface area contributed by atoms with Crippen LogP contribution in [0.15, 0.2) is 12.2 Å². The Labute approximate surface area is 114 Å². The number of epoxide rings is 1. The second kappa shape index (κ2) is 9.07. The highest BCUT2D eigenvalue weighted by atomic mass is 16.6. The Morgan fingerprint density at radius 3 is 2.47 bits per heavy atom. The molecule has 0 aromatic heterocycles. The summed E-state index contributed by atoms with van der Waals surface area (Å²) in [6, 6.07) is 0. The molecule has 2 saturated heterocycles. The molecule has 19 heavy (non-hydrogen) atoms. The third-order valence-electron chi connectivity index (χ3n) is 3.13. The van der Waals surface area contributed by atoms with Gasteiger partial charge in [-0.3, -0.25) is 0 Å². The normalized spacial score (nSPS) is 20.4. The summed E-state index contributed by atoms with van der Waals surface area (Å²) in [4.78, 5) is 12.5. The lowest BCUT2D eigenvalue weighted by atomic mass is 10.2. The minimum atomic E-state index is -0.983. The Hall–Kier alpha value is -0.910. The van der Waals surface area contributed by atoms with E-state index >= 15 is 0 Å². The molecule has 2 aliphatic heterocycles. The highest BCUT2D eigenvalue weighted by Crippen LogP contribution is 2.17. The maximum atomic E-state index is 10.0. The van der Waals surface area contributed by atoms with E-state index in [2.05, 4.69) is 11.5 Å². The maximum absolute atomic E-state index is 10.0. The van der Waals surface area contributed by atoms with Crippen molar-refractivity contribution in [2.24, 2.45) is 0 Å². The molecule has 2 rings (SSSR count). The predicted octanol–water partition coefficient (Wildman–Crippen LogP) is 1.27. The molecule has 0 saturated carbocycles. The minimum Gasteiger partial charge on any atom is -0.478 e. The van der Waals surface area contributed by atoms with Crippen molar-refractivity contribution in [3.05, 3.63) is 12.2 Å². The molecule has 5 nitrogen and oxygen atoms in total. The van der Waals surface area contributed by atoms with E-state index in [9.17, 15) is 4.79 Å². The van der Waals surface area contributed by atoms with E-state index in [1.165, 1.54) is 38.9 Å². The summed E-state index contributed by atoms with van der Waals surface area (Å²) >= 11 is 0. The number of ether oxygens (including phenoxy) is 1. The van der Waals surface area contributed by atoms with Gasteiger partial charge in [-0.1, -0.05) is 6.58 Å². The lowest BCUT2D eigenvalue weighted by Crippen LogP contribution is -1.99. The molecule has 2 fully saturated rings. The number of aliphatic hydroxyl groups is 1. The molecule has 0 bridgehead atoms. The van der Waals surface area contributed by atoms with Gasteiger partial charge in [-0.15, -0.1) is 0 Å². The summed E-state index contributed by atoms with van der Waals surface area (Å²) in [5.74, 6) is -0.983. The molecule has 1 atom stereocenters. The molecule has 2 N–H and O–H groups in total. The van der Waals surface area contributed by atoms with Crippen molar-refractivity contribution in [2.75, 3.05) is 32.8 Å². The zero-order chi connectivity index (χ0) is 14.1. The van der Waals surface area contributed by atoms with Crippen LogP contribution in [-0.2, 0) is 9.53 Å². The van der Waals surface area contributed by atoms with Crippen molar-refractivity contribution < 1.29 is 19.7 Å². The second-order valence-electron chi connectivity index (χ2n) is 5.03. The van der Waals surface area contributed by atoms with E-state index in [-0.39, 0.29) is 12.2 Å². The number of unbranched alkanes of at least 4 members (excludes halogenated alkanes) is 1. The summed E-state index contributed by atoms with van der Waals surface area (Å²) in [5, 5.41) is 16.5. The number of carboxylic acids is 1. The highest BCUT2D eigenvalue weighted by molar-refractivity contribution is 5.85. The molecule has 5 heteroatoms. The van der Waals surface area contributed by atoms with Gasteiger partial charge in [-0.2, -0.15) is 0 Å². The fourth-order valence-corrected chi connectivity index (χ4v) is 1.64. The van der Waals surface area contributed by atoms with E-state index in [0.717, 1.165) is 6.61 Å². The number of rotatable bonds is 9. The summed E-state index contributed by atoms with van der Waals surface area (Å²) in [7, 11) is 0. The SMILES string of the molecule is C(CCN1CC1)CC1CO1.C=C(CCCO)C(=O)O. The molecule has 0 radical (unpaired) electrons. The standard InChI is InChI=1S/C8H15NO.C6H10O3/c1(3-8-7-10-8)2-4-9-5-6-9;1-5(6(8)9)3-2-4-7/h8H,1-7H2;7H,1-4H2,(H,8,9). The van der Waals surface area contributed by atoms with Crippen LogP contribution in [0.25, 0.3) is 0 Å². The van der Waals surface area contributed by atoms with Crippen LogP contribution in [0.2, 0.25) is 0 Å². The first-order chi connectivity index (χ1) is 9.13. The first kappa shape index (κ1) is 16.1. The topological polar surface area (TPSA) is 73.1 Å². The molecule has 1 unspecified atom stereocenters. The van der Waals surface area contributed by atoms with Gasteiger partial charge < -0.3 is 19.8 Å². The van der Waals surface area contributed by atoms with E-state index in [0.29, 0.717) is 18.9 Å². The van der Waals surface area contributed by atoms with E-state index < -0.39 is 5.97 Å². The van der Waals surface area contributed by atoms with Crippen LogP contribution in [0, 0.1) is 0 Å². The smallest absolute Gasteiger partial charge is 0.330 e. The predicted molar refractivity (Wildman–Crippen MR) is 73.1 cm³/mol. The van der Waals surface area contributed by atoms with Crippen LogP contribution < -0.4 is 0 Å². The van der Waals surface area contributed by atoms with E-state index in [4.69, 9.17) is 14.9 Å². The van der Waals surface area contributed by atoms with E-state index in [1.54, 1.807) is 0 Å². The Bertz CT molecular complexity index is 271. The maximum Gasteiger partial charge on any atom is 0.330 e. The number of carboxylic acid groups (broad SMARTS) is 1. The number of hydrogen-bond acceptors (Lipinski definition) is 4. The van der Waals surface area contributed by atoms with Crippen molar-refractivity contribution in [3.63, 3.8) is 0 Å². The number of hydrogen-bond donors (Lipinski definition) is 2. The molecular formula is C14H25NO4. The van der Waals surface area contributed by atoms with Gasteiger partial charge in [-0.05, 0) is 38.6 Å². The van der Waals surface area contributed by atoms with Gasteiger partial charge in [0.1, 0.15) is 0 Å². The van der Waals surface area contributed by atoms with Crippen molar-refractivity contribution in [2.45, 2.75) is 38.2 Å². The number of aliphatic carboxylic acids is 1. The summed E-state index contributed by atoms with van der Waals surface area (Å²) < 4.78 is 5.12. The first-order valence-corrected chi connectivity index (χ1v) is 6.99. The zero-order valence-corrected chi connectivity index (χ0v) is 11.5. The number of carbonyl (C=O) groups is 1. The molecule has 2 aliphatic rings. The lowest BCUT2D eigenvalue weighted by molar-refractivity contribution is -0.132. The van der Waals surface area contributed by atoms with Crippen LogP contribution >= 0.6 is 0 Å². The van der Waals surface area contributed by atoms with Crippen molar-refractivity contribution in [1.29, 1.82) is 0 Å². The van der Waals surface area contributed by atoms with Gasteiger partial charge in [0.05, 0.1) is 12.7 Å². The van der Waals surface area contributed by atoms with E-state index in [1.807, 2.05) is 0 Å². The van der Waals surface area contributed by atoms with Gasteiger partial charge in [0, 0.05) is 25.3 Å². The third-order valence-corrected chi connectivity index (χ3v) is 3.13. The van der Waals surface area contributed by atoms with Crippen LogP contribution in [-0.4, -0.2) is 60.0 Å². The van der Waals surface area contributed by atoms with Crippen LogP contribution in [0.3, 0.4) is 0 Å². The molecule has 0 aromatic carbocycles. The molecular weight excluding hydrogens is 246 g/mol. The summed E-state index contributed by atoms with van der Waals surface area (Å²) in [6.45, 7) is 8.35. The quantitative estimate of drug-likeness (QED) is 0.375. The zero-order valence-electron chi connectivity index (χ0n) is 11.5. The van der Waals surface area contributed by atoms with Crippen molar-refractivity contribution in [1.82, 2.24) is 4.90 Å². The van der Waals surface area contributed by atoms with Gasteiger partial charge in [0.25, 0.3) is 0 Å². The van der Waals surface area contributed by atoms with Crippen LogP contribution in [0.1, 0.15) is 32.1 Å². The van der Waals surface area contributed by atoms with Gasteiger partial charge in [0.2, 0.25) is 0 Å². The van der Waals surface area contributed by atoms with Gasteiger partial charge in [-0.25, -0.2) is 4.79 Å². The third kappa shape index (κ3) is 9.64. The molecule has 0 amide bonds. The Morgan fingerprint density at radius 2 is 2.00 bits per heavy atom. The average molecular weight is 271 g/mol. The number of aliphatic hydroxyl groups excluding tert-OH is 1. The highest BCUT2D eigenvalue weighted by Gasteiger charge is 2.22. The number of nitrogens with zero attached hydrogens (tertiary/aromatic N) is 1. The summed E-state index contributed by atoms with van der Waals surface area (Å²) in [5.41, 5.74) is 0.157. The lowest BCUT2D eigenvalue weighted by Gasteiger charge is -1.97.